The molecule has 0 unspecified atom stereocenters. The van der Waals surface area contributed by atoms with E-state index < -0.39 is 0 Å². The molecular formula is C15H31N3. The lowest BCUT2D eigenvalue weighted by Crippen LogP contribution is -2.47. The summed E-state index contributed by atoms with van der Waals surface area (Å²) >= 11 is 0. The van der Waals surface area contributed by atoms with Crippen LogP contribution in [0.5, 0.6) is 0 Å². The maximum atomic E-state index is 5.66. The van der Waals surface area contributed by atoms with Crippen molar-refractivity contribution in [3.05, 3.63) is 0 Å². The first kappa shape index (κ1) is 14.3. The Balaban J connectivity index is 1.68. The van der Waals surface area contributed by atoms with Gasteiger partial charge in [-0.15, -0.1) is 0 Å². The minimum absolute atomic E-state index is 0.872. The summed E-state index contributed by atoms with van der Waals surface area (Å²) in [6, 6.07) is 0.872. The monoisotopic (exact) mass is 253 g/mol. The van der Waals surface area contributed by atoms with Gasteiger partial charge in [-0.05, 0) is 83.7 Å². The average molecular weight is 253 g/mol. The van der Waals surface area contributed by atoms with Gasteiger partial charge in [-0.1, -0.05) is 6.92 Å². The average Bonchev–Trinajstić information content (AvgIpc) is 2.41. The van der Waals surface area contributed by atoms with Gasteiger partial charge >= 0.3 is 0 Å². The van der Waals surface area contributed by atoms with Gasteiger partial charge in [0.25, 0.3) is 0 Å². The van der Waals surface area contributed by atoms with Crippen molar-refractivity contribution >= 4 is 0 Å². The lowest BCUT2D eigenvalue weighted by Gasteiger charge is -2.41. The molecule has 0 radical (unpaired) electrons. The molecule has 2 saturated heterocycles. The number of likely N-dealkylation sites (tertiary alicyclic amines) is 2. The molecule has 3 nitrogen and oxygen atoms in total. The van der Waals surface area contributed by atoms with Crippen LogP contribution >= 0.6 is 0 Å². The van der Waals surface area contributed by atoms with Gasteiger partial charge in [0.15, 0.2) is 0 Å². The Morgan fingerprint density at radius 2 is 1.67 bits per heavy atom. The molecule has 2 N–H and O–H groups in total. The minimum Gasteiger partial charge on any atom is -0.330 e. The number of nitrogens with zero attached hydrogens (tertiary/aromatic N) is 2. The van der Waals surface area contributed by atoms with E-state index in [-0.39, 0.29) is 0 Å². The van der Waals surface area contributed by atoms with Crippen LogP contribution in [0.15, 0.2) is 0 Å². The third kappa shape index (κ3) is 3.94. The predicted octanol–water partition coefficient (Wildman–Crippen LogP) is 1.92. The maximum absolute atomic E-state index is 5.66. The highest BCUT2D eigenvalue weighted by Crippen LogP contribution is 2.25. The van der Waals surface area contributed by atoms with Crippen molar-refractivity contribution in [3.63, 3.8) is 0 Å². The van der Waals surface area contributed by atoms with Gasteiger partial charge in [0.05, 0.1) is 0 Å². The normalized spacial score (nSPS) is 25.7. The largest absolute Gasteiger partial charge is 0.330 e. The smallest absolute Gasteiger partial charge is 0.0120 e. The molecule has 0 saturated carbocycles. The van der Waals surface area contributed by atoms with Crippen LogP contribution in [-0.4, -0.2) is 55.1 Å². The Morgan fingerprint density at radius 3 is 2.22 bits per heavy atom. The topological polar surface area (TPSA) is 32.5 Å². The third-order valence-electron chi connectivity index (χ3n) is 4.84. The van der Waals surface area contributed by atoms with Crippen molar-refractivity contribution < 1.29 is 0 Å². The van der Waals surface area contributed by atoms with E-state index in [1.165, 1.54) is 71.2 Å². The molecule has 0 aliphatic carbocycles. The predicted molar refractivity (Wildman–Crippen MR) is 77.7 cm³/mol. The van der Waals surface area contributed by atoms with Crippen LogP contribution in [0.4, 0.5) is 0 Å². The molecule has 2 aliphatic rings. The summed E-state index contributed by atoms with van der Waals surface area (Å²) in [7, 11) is 0. The molecular weight excluding hydrogens is 222 g/mol. The Labute approximate surface area is 113 Å². The molecule has 3 heteroatoms. The van der Waals surface area contributed by atoms with Gasteiger partial charge in [0.1, 0.15) is 0 Å². The van der Waals surface area contributed by atoms with E-state index >= 15 is 0 Å². The minimum atomic E-state index is 0.872. The van der Waals surface area contributed by atoms with Crippen LogP contribution in [0.1, 0.15) is 45.4 Å². The summed E-state index contributed by atoms with van der Waals surface area (Å²) < 4.78 is 0. The van der Waals surface area contributed by atoms with Crippen molar-refractivity contribution in [2.24, 2.45) is 11.7 Å². The maximum Gasteiger partial charge on any atom is 0.0120 e. The highest BCUT2D eigenvalue weighted by molar-refractivity contribution is 4.83. The molecule has 0 spiro atoms. The first-order valence-electron chi connectivity index (χ1n) is 8.00. The molecule has 2 rings (SSSR count). The van der Waals surface area contributed by atoms with E-state index in [4.69, 9.17) is 5.73 Å². The number of hydrogen-bond donors (Lipinski definition) is 1. The van der Waals surface area contributed by atoms with Crippen molar-refractivity contribution in [1.29, 1.82) is 0 Å². The van der Waals surface area contributed by atoms with Crippen LogP contribution in [0, 0.1) is 5.92 Å². The first-order valence-corrected chi connectivity index (χ1v) is 8.00. The summed E-state index contributed by atoms with van der Waals surface area (Å²) in [6.45, 7) is 9.74. The number of hydrogen-bond acceptors (Lipinski definition) is 3. The highest BCUT2D eigenvalue weighted by Gasteiger charge is 2.27. The van der Waals surface area contributed by atoms with E-state index in [1.54, 1.807) is 0 Å². The standard InChI is InChI=1S/C15H31N3/c1-2-9-17-10-6-15(7-11-17)18-12-4-14(3-8-16)5-13-18/h14-15H,2-13,16H2,1H3. The number of piperidine rings is 2. The summed E-state index contributed by atoms with van der Waals surface area (Å²) in [5.74, 6) is 0.909. The van der Waals surface area contributed by atoms with Gasteiger partial charge in [0.2, 0.25) is 0 Å². The first-order chi connectivity index (χ1) is 8.83. The van der Waals surface area contributed by atoms with E-state index in [1.807, 2.05) is 0 Å². The third-order valence-corrected chi connectivity index (χ3v) is 4.84. The van der Waals surface area contributed by atoms with Crippen LogP contribution in [0.3, 0.4) is 0 Å². The molecule has 18 heavy (non-hydrogen) atoms. The molecule has 0 aromatic rings. The lowest BCUT2D eigenvalue weighted by molar-refractivity contribution is 0.0767. The summed E-state index contributed by atoms with van der Waals surface area (Å²) in [4.78, 5) is 5.40. The molecule has 0 aromatic carbocycles. The Kier molecular flexibility index (Phi) is 5.93. The molecule has 2 fully saturated rings. The summed E-state index contributed by atoms with van der Waals surface area (Å²) in [6.07, 6.45) is 8.08. The number of nitrogens with two attached hydrogens (primary N) is 1. The lowest BCUT2D eigenvalue weighted by atomic mass is 9.91. The van der Waals surface area contributed by atoms with Crippen molar-refractivity contribution in [2.45, 2.75) is 51.5 Å². The van der Waals surface area contributed by atoms with Crippen molar-refractivity contribution in [1.82, 2.24) is 9.80 Å². The van der Waals surface area contributed by atoms with E-state index in [2.05, 4.69) is 16.7 Å². The van der Waals surface area contributed by atoms with Crippen LogP contribution in [-0.2, 0) is 0 Å². The molecule has 0 atom stereocenters. The highest BCUT2D eigenvalue weighted by atomic mass is 15.2. The molecule has 0 amide bonds. The molecule has 0 aromatic heterocycles. The van der Waals surface area contributed by atoms with Crippen LogP contribution < -0.4 is 5.73 Å². The van der Waals surface area contributed by atoms with E-state index in [9.17, 15) is 0 Å². The van der Waals surface area contributed by atoms with E-state index in [0.29, 0.717) is 0 Å². The molecule has 106 valence electrons. The molecule has 0 bridgehead atoms. The van der Waals surface area contributed by atoms with Gasteiger partial charge in [-0.2, -0.15) is 0 Å². The van der Waals surface area contributed by atoms with Gasteiger partial charge in [-0.25, -0.2) is 0 Å². The van der Waals surface area contributed by atoms with Gasteiger partial charge < -0.3 is 15.5 Å². The SMILES string of the molecule is CCCN1CCC(N2CCC(CCN)CC2)CC1. The van der Waals surface area contributed by atoms with Gasteiger partial charge in [0, 0.05) is 6.04 Å². The summed E-state index contributed by atoms with van der Waals surface area (Å²) in [5.41, 5.74) is 5.66. The second-order valence-corrected chi connectivity index (χ2v) is 6.13. The Bertz CT molecular complexity index is 192. The zero-order valence-corrected chi connectivity index (χ0v) is 12.1. The Morgan fingerprint density at radius 1 is 1.00 bits per heavy atom. The fourth-order valence-electron chi connectivity index (χ4n) is 3.67. The molecule has 2 aliphatic heterocycles. The second-order valence-electron chi connectivity index (χ2n) is 6.13. The number of rotatable bonds is 5. The van der Waals surface area contributed by atoms with Crippen molar-refractivity contribution in [3.8, 4) is 0 Å². The van der Waals surface area contributed by atoms with Gasteiger partial charge in [-0.3, -0.25) is 0 Å². The van der Waals surface area contributed by atoms with Crippen LogP contribution in [0.2, 0.25) is 0 Å². The Hall–Kier alpha value is -0.120. The second kappa shape index (κ2) is 7.46. The zero-order chi connectivity index (χ0) is 12.8. The fourth-order valence-corrected chi connectivity index (χ4v) is 3.67. The quantitative estimate of drug-likeness (QED) is 0.812. The summed E-state index contributed by atoms with van der Waals surface area (Å²) in [5, 5.41) is 0. The van der Waals surface area contributed by atoms with Crippen LogP contribution in [0.25, 0.3) is 0 Å². The van der Waals surface area contributed by atoms with E-state index in [0.717, 1.165) is 18.5 Å². The van der Waals surface area contributed by atoms with Crippen molar-refractivity contribution in [2.75, 3.05) is 39.3 Å². The zero-order valence-electron chi connectivity index (χ0n) is 12.1. The molecule has 2 heterocycles. The fraction of sp³-hybridized carbons (Fsp3) is 1.00.